The second kappa shape index (κ2) is 9.95. The van der Waals surface area contributed by atoms with E-state index in [-0.39, 0.29) is 5.92 Å². The van der Waals surface area contributed by atoms with Crippen molar-refractivity contribution < 1.29 is 9.84 Å². The predicted molar refractivity (Wildman–Crippen MR) is 127 cm³/mol. The van der Waals surface area contributed by atoms with E-state index in [1.54, 1.807) is 7.11 Å². The van der Waals surface area contributed by atoms with Gasteiger partial charge in [-0.15, -0.1) is 0 Å². The van der Waals surface area contributed by atoms with Gasteiger partial charge in [0.15, 0.2) is 0 Å². The minimum absolute atomic E-state index is 0.187. The van der Waals surface area contributed by atoms with Crippen LogP contribution >= 0.6 is 0 Å². The molecule has 1 N–H and O–H groups in total. The molecule has 3 heteroatoms. The Balaban J connectivity index is 1.44. The van der Waals surface area contributed by atoms with Crippen LogP contribution in [0, 0.1) is 5.92 Å². The zero-order valence-electron chi connectivity index (χ0n) is 18.2. The summed E-state index contributed by atoms with van der Waals surface area (Å²) in [5.74, 6) is 1.08. The highest BCUT2D eigenvalue weighted by Gasteiger charge is 2.41. The van der Waals surface area contributed by atoms with Crippen LogP contribution < -0.4 is 4.74 Å². The molecule has 31 heavy (non-hydrogen) atoms. The summed E-state index contributed by atoms with van der Waals surface area (Å²) >= 11 is 0. The number of para-hydroxylation sites is 1. The van der Waals surface area contributed by atoms with E-state index in [1.807, 2.05) is 54.6 Å². The van der Waals surface area contributed by atoms with Crippen molar-refractivity contribution in [2.24, 2.45) is 5.92 Å². The highest BCUT2D eigenvalue weighted by Crippen LogP contribution is 2.41. The Morgan fingerprint density at radius 1 is 0.871 bits per heavy atom. The van der Waals surface area contributed by atoms with Gasteiger partial charge >= 0.3 is 0 Å². The fourth-order valence-electron chi connectivity index (χ4n) is 4.69. The number of aliphatic hydroxyl groups is 1. The Labute approximate surface area is 185 Å². The lowest BCUT2D eigenvalue weighted by molar-refractivity contribution is -0.0127. The molecule has 0 amide bonds. The Kier molecular flexibility index (Phi) is 6.86. The fourth-order valence-corrected chi connectivity index (χ4v) is 4.69. The van der Waals surface area contributed by atoms with Gasteiger partial charge in [-0.3, -0.25) is 4.90 Å². The van der Waals surface area contributed by atoms with Gasteiger partial charge in [0.25, 0.3) is 0 Å². The highest BCUT2D eigenvalue weighted by molar-refractivity contribution is 5.57. The predicted octanol–water partition coefficient (Wildman–Crippen LogP) is 5.36. The summed E-state index contributed by atoms with van der Waals surface area (Å²) in [7, 11) is 1.71. The molecule has 0 saturated carbocycles. The number of likely N-dealkylation sites (tertiary alicyclic amines) is 1. The SMILES string of the molecule is COc1ccccc1C=CCN1CCC(C(O)(c2ccccc2)c2ccccc2)CC1. The lowest BCUT2D eigenvalue weighted by Crippen LogP contribution is -2.44. The Morgan fingerprint density at radius 2 is 1.42 bits per heavy atom. The molecule has 3 aromatic rings. The molecule has 0 unspecified atom stereocenters. The zero-order valence-corrected chi connectivity index (χ0v) is 18.2. The zero-order chi connectivity index (χ0) is 21.5. The molecule has 4 rings (SSSR count). The maximum absolute atomic E-state index is 12.0. The van der Waals surface area contributed by atoms with Gasteiger partial charge in [-0.1, -0.05) is 91.0 Å². The maximum Gasteiger partial charge on any atom is 0.126 e. The van der Waals surface area contributed by atoms with Crippen LogP contribution in [0.4, 0.5) is 0 Å². The van der Waals surface area contributed by atoms with Crippen LogP contribution in [0.3, 0.4) is 0 Å². The molecule has 1 saturated heterocycles. The van der Waals surface area contributed by atoms with Crippen LogP contribution in [0.5, 0.6) is 5.75 Å². The van der Waals surface area contributed by atoms with E-state index >= 15 is 0 Å². The van der Waals surface area contributed by atoms with Crippen LogP contribution in [-0.4, -0.2) is 36.8 Å². The molecule has 0 bridgehead atoms. The van der Waals surface area contributed by atoms with E-state index in [0.29, 0.717) is 0 Å². The third kappa shape index (κ3) is 4.73. The number of benzene rings is 3. The van der Waals surface area contributed by atoms with Crippen LogP contribution in [0.1, 0.15) is 29.5 Å². The number of hydrogen-bond donors (Lipinski definition) is 1. The molecular formula is C28H31NO2. The Bertz CT molecular complexity index is 937. The van der Waals surface area contributed by atoms with Crippen molar-refractivity contribution in [2.45, 2.75) is 18.4 Å². The van der Waals surface area contributed by atoms with Crippen molar-refractivity contribution in [1.82, 2.24) is 4.90 Å². The highest BCUT2D eigenvalue weighted by atomic mass is 16.5. The minimum atomic E-state index is -0.956. The van der Waals surface area contributed by atoms with Crippen molar-refractivity contribution in [1.29, 1.82) is 0 Å². The van der Waals surface area contributed by atoms with E-state index in [1.165, 1.54) is 0 Å². The van der Waals surface area contributed by atoms with Crippen LogP contribution in [0.15, 0.2) is 91.0 Å². The lowest BCUT2D eigenvalue weighted by Gasteiger charge is -2.42. The summed E-state index contributed by atoms with van der Waals surface area (Å²) in [4.78, 5) is 2.46. The van der Waals surface area contributed by atoms with Gasteiger partial charge in [0, 0.05) is 12.1 Å². The number of nitrogens with zero attached hydrogens (tertiary/aromatic N) is 1. The molecule has 0 aromatic heterocycles. The van der Waals surface area contributed by atoms with Crippen molar-refractivity contribution in [2.75, 3.05) is 26.7 Å². The summed E-state index contributed by atoms with van der Waals surface area (Å²) in [6, 6.07) is 28.3. The quantitative estimate of drug-likeness (QED) is 0.566. The summed E-state index contributed by atoms with van der Waals surface area (Å²) in [5.41, 5.74) is 2.11. The standard InChI is InChI=1S/C28H31NO2/c1-31-27-17-9-8-11-23(27)12-10-20-29-21-18-26(19-22-29)28(30,24-13-4-2-5-14-24)25-15-6-3-7-16-25/h2-17,26,30H,18-22H2,1H3. The second-order valence-corrected chi connectivity index (χ2v) is 8.22. The first kappa shape index (κ1) is 21.4. The smallest absolute Gasteiger partial charge is 0.126 e. The first-order valence-corrected chi connectivity index (χ1v) is 11.1. The second-order valence-electron chi connectivity index (χ2n) is 8.22. The molecule has 0 spiro atoms. The largest absolute Gasteiger partial charge is 0.496 e. The average Bonchev–Trinajstić information content (AvgIpc) is 2.85. The Hall–Kier alpha value is -2.88. The maximum atomic E-state index is 12.0. The molecule has 0 radical (unpaired) electrons. The van der Waals surface area contributed by atoms with Crippen LogP contribution in [-0.2, 0) is 5.60 Å². The topological polar surface area (TPSA) is 32.7 Å². The summed E-state index contributed by atoms with van der Waals surface area (Å²) < 4.78 is 5.43. The molecule has 3 nitrogen and oxygen atoms in total. The summed E-state index contributed by atoms with van der Waals surface area (Å²) in [5, 5.41) is 12.0. The van der Waals surface area contributed by atoms with E-state index in [0.717, 1.165) is 54.9 Å². The summed E-state index contributed by atoms with van der Waals surface area (Å²) in [6.45, 7) is 2.85. The molecule has 1 heterocycles. The van der Waals surface area contributed by atoms with E-state index in [4.69, 9.17) is 4.74 Å². The van der Waals surface area contributed by atoms with E-state index in [9.17, 15) is 5.11 Å². The third-order valence-corrected chi connectivity index (χ3v) is 6.41. The van der Waals surface area contributed by atoms with Gasteiger partial charge < -0.3 is 9.84 Å². The van der Waals surface area contributed by atoms with Gasteiger partial charge in [0.2, 0.25) is 0 Å². The summed E-state index contributed by atoms with van der Waals surface area (Å²) in [6.07, 6.45) is 6.26. The van der Waals surface area contributed by atoms with Crippen LogP contribution in [0.25, 0.3) is 6.08 Å². The van der Waals surface area contributed by atoms with Crippen molar-refractivity contribution in [3.63, 3.8) is 0 Å². The van der Waals surface area contributed by atoms with E-state index in [2.05, 4.69) is 47.4 Å². The lowest BCUT2D eigenvalue weighted by atomic mass is 9.72. The number of methoxy groups -OCH3 is 1. The van der Waals surface area contributed by atoms with Gasteiger partial charge in [0.1, 0.15) is 11.4 Å². The van der Waals surface area contributed by atoms with Gasteiger partial charge in [-0.05, 0) is 49.0 Å². The molecule has 1 aliphatic rings. The monoisotopic (exact) mass is 413 g/mol. The van der Waals surface area contributed by atoms with Gasteiger partial charge in [-0.25, -0.2) is 0 Å². The first-order valence-electron chi connectivity index (χ1n) is 11.1. The van der Waals surface area contributed by atoms with Crippen molar-refractivity contribution in [3.8, 4) is 5.75 Å². The molecule has 1 aliphatic heterocycles. The molecule has 0 atom stereocenters. The number of rotatable bonds is 7. The van der Waals surface area contributed by atoms with Crippen LogP contribution in [0.2, 0.25) is 0 Å². The van der Waals surface area contributed by atoms with Gasteiger partial charge in [0.05, 0.1) is 7.11 Å². The minimum Gasteiger partial charge on any atom is -0.496 e. The molecule has 160 valence electrons. The number of piperidine rings is 1. The molecule has 3 aromatic carbocycles. The van der Waals surface area contributed by atoms with Crippen molar-refractivity contribution in [3.05, 3.63) is 108 Å². The van der Waals surface area contributed by atoms with Gasteiger partial charge in [-0.2, -0.15) is 0 Å². The Morgan fingerprint density at radius 3 is 2.00 bits per heavy atom. The number of ether oxygens (including phenoxy) is 1. The third-order valence-electron chi connectivity index (χ3n) is 6.41. The molecule has 0 aliphatic carbocycles. The number of hydrogen-bond acceptors (Lipinski definition) is 3. The first-order chi connectivity index (χ1) is 15.2. The van der Waals surface area contributed by atoms with Crippen molar-refractivity contribution >= 4 is 6.08 Å². The fraction of sp³-hybridized carbons (Fsp3) is 0.286. The molecule has 1 fully saturated rings. The normalized spacial score (nSPS) is 15.9. The average molecular weight is 414 g/mol. The van der Waals surface area contributed by atoms with E-state index < -0.39 is 5.60 Å². The molecular weight excluding hydrogens is 382 g/mol.